The first-order valence-electron chi connectivity index (χ1n) is 8.87. The molecule has 0 bridgehead atoms. The lowest BCUT2D eigenvalue weighted by atomic mass is 10.2. The minimum atomic E-state index is -0.513. The third kappa shape index (κ3) is 5.30. The van der Waals surface area contributed by atoms with Gasteiger partial charge in [-0.25, -0.2) is 4.79 Å². The van der Waals surface area contributed by atoms with E-state index >= 15 is 0 Å². The van der Waals surface area contributed by atoms with Crippen LogP contribution in [0.2, 0.25) is 0 Å². The van der Waals surface area contributed by atoms with Crippen LogP contribution in [0.5, 0.6) is 0 Å². The Labute approximate surface area is 161 Å². The number of carbonyl (C=O) groups is 3. The molecule has 0 aliphatic carbocycles. The fourth-order valence-electron chi connectivity index (χ4n) is 2.91. The molecule has 27 heavy (non-hydrogen) atoms. The summed E-state index contributed by atoms with van der Waals surface area (Å²) in [5.74, 6) is -0.356. The Balaban J connectivity index is 1.45. The van der Waals surface area contributed by atoms with E-state index in [1.54, 1.807) is 16.2 Å². The molecule has 1 aliphatic rings. The van der Waals surface area contributed by atoms with Crippen LogP contribution in [0.25, 0.3) is 0 Å². The zero-order chi connectivity index (χ0) is 19.1. The van der Waals surface area contributed by atoms with Gasteiger partial charge in [-0.1, -0.05) is 18.2 Å². The molecule has 0 spiro atoms. The summed E-state index contributed by atoms with van der Waals surface area (Å²) in [4.78, 5) is 38.7. The van der Waals surface area contributed by atoms with E-state index in [9.17, 15) is 14.4 Å². The van der Waals surface area contributed by atoms with Crippen molar-refractivity contribution in [2.75, 3.05) is 29.9 Å². The first kappa shape index (κ1) is 18.9. The van der Waals surface area contributed by atoms with Crippen LogP contribution >= 0.6 is 11.3 Å². The summed E-state index contributed by atoms with van der Waals surface area (Å²) in [5.41, 5.74) is 1.45. The van der Waals surface area contributed by atoms with Gasteiger partial charge in [0, 0.05) is 24.4 Å². The van der Waals surface area contributed by atoms with Crippen molar-refractivity contribution >= 4 is 40.6 Å². The van der Waals surface area contributed by atoms with Crippen molar-refractivity contribution in [1.29, 1.82) is 0 Å². The predicted octanol–water partition coefficient (Wildman–Crippen LogP) is 2.36. The Morgan fingerprint density at radius 1 is 1.15 bits per heavy atom. The Morgan fingerprint density at radius 2 is 2.00 bits per heavy atom. The highest BCUT2D eigenvalue weighted by molar-refractivity contribution is 7.09. The van der Waals surface area contributed by atoms with Crippen LogP contribution < -0.4 is 20.9 Å². The van der Waals surface area contributed by atoms with E-state index in [0.717, 1.165) is 18.5 Å². The van der Waals surface area contributed by atoms with E-state index in [1.807, 2.05) is 41.8 Å². The molecule has 0 radical (unpaired) electrons. The van der Waals surface area contributed by atoms with Crippen LogP contribution in [0.1, 0.15) is 17.7 Å². The first-order valence-corrected chi connectivity index (χ1v) is 9.75. The number of thiophene rings is 1. The maximum absolute atomic E-state index is 12.0. The van der Waals surface area contributed by atoms with Crippen LogP contribution in [0.15, 0.2) is 41.8 Å². The van der Waals surface area contributed by atoms with Gasteiger partial charge in [-0.05, 0) is 36.4 Å². The number of urea groups is 1. The second-order valence-corrected chi connectivity index (χ2v) is 7.19. The van der Waals surface area contributed by atoms with Gasteiger partial charge in [-0.3, -0.25) is 14.9 Å². The van der Waals surface area contributed by atoms with Gasteiger partial charge in [0.15, 0.2) is 0 Å². The summed E-state index contributed by atoms with van der Waals surface area (Å²) >= 11 is 1.63. The highest BCUT2D eigenvalue weighted by Crippen LogP contribution is 2.29. The van der Waals surface area contributed by atoms with E-state index < -0.39 is 11.9 Å². The minimum absolute atomic E-state index is 0.0581. The summed E-state index contributed by atoms with van der Waals surface area (Å²) in [6.45, 7) is 1.08. The average molecular weight is 386 g/mol. The second-order valence-electron chi connectivity index (χ2n) is 6.15. The molecule has 1 fully saturated rings. The van der Waals surface area contributed by atoms with Gasteiger partial charge in [-0.15, -0.1) is 11.3 Å². The van der Waals surface area contributed by atoms with E-state index in [0.29, 0.717) is 25.2 Å². The van der Waals surface area contributed by atoms with E-state index in [1.165, 1.54) is 4.88 Å². The molecule has 2 heterocycles. The Kier molecular flexibility index (Phi) is 6.43. The molecule has 1 aromatic heterocycles. The molecular weight excluding hydrogens is 364 g/mol. The van der Waals surface area contributed by atoms with Crippen LogP contribution in [-0.2, 0) is 16.0 Å². The van der Waals surface area contributed by atoms with Crippen LogP contribution in [-0.4, -0.2) is 37.5 Å². The van der Waals surface area contributed by atoms with Crippen LogP contribution in [0, 0.1) is 0 Å². The molecule has 142 valence electrons. The van der Waals surface area contributed by atoms with Gasteiger partial charge >= 0.3 is 6.03 Å². The number of benzene rings is 1. The third-order valence-electron chi connectivity index (χ3n) is 4.20. The van der Waals surface area contributed by atoms with Crippen molar-refractivity contribution < 1.29 is 14.4 Å². The quantitative estimate of drug-likeness (QED) is 0.681. The summed E-state index contributed by atoms with van der Waals surface area (Å²) in [6, 6.07) is 10.8. The van der Waals surface area contributed by atoms with E-state index in [2.05, 4.69) is 16.0 Å². The maximum atomic E-state index is 12.0. The largest absolute Gasteiger partial charge is 0.374 e. The van der Waals surface area contributed by atoms with Crippen LogP contribution in [0.3, 0.4) is 0 Å². The molecular formula is C19H22N4O3S. The van der Waals surface area contributed by atoms with Crippen molar-refractivity contribution in [2.45, 2.75) is 19.3 Å². The zero-order valence-corrected chi connectivity index (χ0v) is 15.7. The average Bonchev–Trinajstić information content (AvgIpc) is 3.32. The van der Waals surface area contributed by atoms with E-state index in [-0.39, 0.29) is 12.5 Å². The fourth-order valence-corrected chi connectivity index (χ4v) is 3.61. The van der Waals surface area contributed by atoms with Crippen molar-refractivity contribution in [3.05, 3.63) is 46.7 Å². The summed E-state index contributed by atoms with van der Waals surface area (Å²) < 4.78 is 0. The number of carbonyl (C=O) groups excluding carboxylic acids is 3. The summed E-state index contributed by atoms with van der Waals surface area (Å²) in [5, 5.41) is 9.96. The summed E-state index contributed by atoms with van der Waals surface area (Å²) in [6.07, 6.45) is 2.11. The number of hydrogen-bond acceptors (Lipinski definition) is 5. The number of nitrogens with one attached hydrogen (secondary N) is 3. The number of para-hydroxylation sites is 2. The highest BCUT2D eigenvalue weighted by atomic mass is 32.1. The number of rotatable bonds is 7. The lowest BCUT2D eigenvalue weighted by molar-refractivity contribution is -0.118. The minimum Gasteiger partial charge on any atom is -0.374 e. The van der Waals surface area contributed by atoms with Crippen molar-refractivity contribution in [1.82, 2.24) is 10.6 Å². The molecule has 4 amide bonds. The maximum Gasteiger partial charge on any atom is 0.321 e. The Hall–Kier alpha value is -2.87. The van der Waals surface area contributed by atoms with Gasteiger partial charge in [0.05, 0.1) is 17.9 Å². The van der Waals surface area contributed by atoms with Crippen molar-refractivity contribution in [2.24, 2.45) is 0 Å². The highest BCUT2D eigenvalue weighted by Gasteiger charge is 2.23. The molecule has 1 aromatic carbocycles. The molecule has 0 unspecified atom stereocenters. The molecule has 3 N–H and O–H groups in total. The monoisotopic (exact) mass is 386 g/mol. The number of anilines is 2. The van der Waals surface area contributed by atoms with Gasteiger partial charge in [-0.2, -0.15) is 0 Å². The standard InChI is InChI=1S/C19H22N4O3S/c24-17(22-19(26)20-10-9-14-5-4-12-27-14)13-21-15-6-1-2-7-16(15)23-11-3-8-18(23)25/h1-2,4-7,12,21H,3,8-11,13H2,(H2,20,22,24,26). The summed E-state index contributed by atoms with van der Waals surface area (Å²) in [7, 11) is 0. The van der Waals surface area contributed by atoms with Gasteiger partial charge in [0.1, 0.15) is 0 Å². The lowest BCUT2D eigenvalue weighted by Gasteiger charge is -2.20. The molecule has 0 atom stereocenters. The molecule has 1 saturated heterocycles. The number of hydrogen-bond donors (Lipinski definition) is 3. The zero-order valence-electron chi connectivity index (χ0n) is 14.9. The predicted molar refractivity (Wildman–Crippen MR) is 106 cm³/mol. The molecule has 0 saturated carbocycles. The molecule has 7 nitrogen and oxygen atoms in total. The fraction of sp³-hybridized carbons (Fsp3) is 0.316. The molecule has 1 aliphatic heterocycles. The number of imide groups is 1. The molecule has 8 heteroatoms. The lowest BCUT2D eigenvalue weighted by Crippen LogP contribution is -2.42. The first-order chi connectivity index (χ1) is 13.1. The van der Waals surface area contributed by atoms with Gasteiger partial charge in [0.25, 0.3) is 0 Å². The SMILES string of the molecule is O=C(CNc1ccccc1N1CCCC1=O)NC(=O)NCCc1cccs1. The third-order valence-corrected chi connectivity index (χ3v) is 5.13. The topological polar surface area (TPSA) is 90.5 Å². The number of nitrogens with zero attached hydrogens (tertiary/aromatic N) is 1. The smallest absolute Gasteiger partial charge is 0.321 e. The van der Waals surface area contributed by atoms with E-state index in [4.69, 9.17) is 0 Å². The van der Waals surface area contributed by atoms with Gasteiger partial charge < -0.3 is 15.5 Å². The number of amides is 4. The second kappa shape index (κ2) is 9.18. The van der Waals surface area contributed by atoms with Gasteiger partial charge in [0.2, 0.25) is 11.8 Å². The normalized spacial score (nSPS) is 13.5. The van der Waals surface area contributed by atoms with Crippen LogP contribution in [0.4, 0.5) is 16.2 Å². The molecule has 3 rings (SSSR count). The Bertz CT molecular complexity index is 807. The molecule has 2 aromatic rings. The van der Waals surface area contributed by atoms with Crippen molar-refractivity contribution in [3.63, 3.8) is 0 Å². The Morgan fingerprint density at radius 3 is 2.74 bits per heavy atom. The van der Waals surface area contributed by atoms with Crippen molar-refractivity contribution in [3.8, 4) is 0 Å².